The molecular formula is C63H97N15O20. The molecule has 0 aliphatic carbocycles. The van der Waals surface area contributed by atoms with Gasteiger partial charge in [-0.1, -0.05) is 102 Å². The van der Waals surface area contributed by atoms with Crippen LogP contribution in [0.3, 0.4) is 0 Å². The second-order valence-corrected chi connectivity index (χ2v) is 24.7. The van der Waals surface area contributed by atoms with Gasteiger partial charge in [-0.3, -0.25) is 52.7 Å². The third-order valence-electron chi connectivity index (χ3n) is 16.0. The van der Waals surface area contributed by atoms with Gasteiger partial charge in [0.1, 0.15) is 72.7 Å². The fraction of sp³-hybridized carbons (Fsp3) is 0.619. The Morgan fingerprint density at radius 2 is 1.24 bits per heavy atom. The number of benzene rings is 2. The Morgan fingerprint density at radius 1 is 0.663 bits per heavy atom. The number of ether oxygens (including phenoxy) is 2. The number of carbonyl (C=O) groups excluding carboxylic acids is 10. The van der Waals surface area contributed by atoms with Gasteiger partial charge in [0.25, 0.3) is 5.91 Å². The highest BCUT2D eigenvalue weighted by Gasteiger charge is 2.48. The van der Waals surface area contributed by atoms with Crippen molar-refractivity contribution in [3.05, 3.63) is 76.2 Å². The molecule has 20 N–H and O–H groups in total. The first-order valence-corrected chi connectivity index (χ1v) is 32.2. The zero-order valence-electron chi connectivity index (χ0n) is 56.3. The van der Waals surface area contributed by atoms with Gasteiger partial charge < -0.3 is 105 Å². The lowest BCUT2D eigenvalue weighted by Crippen LogP contribution is -2.66. The third kappa shape index (κ3) is 26.5. The minimum atomic E-state index is -2.12. The number of azide groups is 1. The number of nitrogens with two attached hydrogens (primary N) is 2. The van der Waals surface area contributed by atoms with Gasteiger partial charge in [0.05, 0.1) is 37.1 Å². The molecule has 3 rings (SSSR count). The van der Waals surface area contributed by atoms with Crippen molar-refractivity contribution in [3.8, 4) is 0 Å². The van der Waals surface area contributed by atoms with E-state index in [2.05, 4.69) is 63.2 Å². The van der Waals surface area contributed by atoms with E-state index in [-0.39, 0.29) is 48.9 Å². The summed E-state index contributed by atoms with van der Waals surface area (Å²) >= 11 is 0. The van der Waals surface area contributed by atoms with E-state index < -0.39 is 200 Å². The largest absolute Gasteiger partial charge is 0.481 e. The predicted molar refractivity (Wildman–Crippen MR) is 350 cm³/mol. The molecule has 35 heteroatoms. The highest BCUT2D eigenvalue weighted by molar-refractivity contribution is 6.00. The van der Waals surface area contributed by atoms with E-state index in [1.165, 1.54) is 38.1 Å². The number of aliphatic carboxylic acids is 2. The fourth-order valence-corrected chi connectivity index (χ4v) is 10.0. The maximum Gasteiger partial charge on any atom is 0.326 e. The number of carbonyl (C=O) groups is 12. The molecule has 1 saturated heterocycles. The van der Waals surface area contributed by atoms with E-state index in [0.29, 0.717) is 24.8 Å². The van der Waals surface area contributed by atoms with Crippen LogP contribution in [0.4, 0.5) is 5.69 Å². The summed E-state index contributed by atoms with van der Waals surface area (Å²) in [5.41, 5.74) is 20.8. The average Bonchev–Trinajstić information content (AvgIpc) is 0.800. The van der Waals surface area contributed by atoms with E-state index >= 15 is 9.59 Å². The van der Waals surface area contributed by atoms with E-state index in [1.807, 2.05) is 0 Å². The molecule has 0 saturated carbocycles. The van der Waals surface area contributed by atoms with Crippen molar-refractivity contribution in [2.75, 3.05) is 19.7 Å². The molecular weight excluding hydrogens is 1290 g/mol. The zero-order valence-corrected chi connectivity index (χ0v) is 56.3. The van der Waals surface area contributed by atoms with Gasteiger partial charge in [-0.05, 0) is 94.3 Å². The van der Waals surface area contributed by atoms with Crippen molar-refractivity contribution in [1.29, 1.82) is 0 Å². The first kappa shape index (κ1) is 83.3. The molecule has 17 atom stereocenters. The molecule has 544 valence electrons. The Balaban J connectivity index is 2.12. The molecule has 0 unspecified atom stereocenters. The summed E-state index contributed by atoms with van der Waals surface area (Å²) in [6.07, 6.45) is -11.6. The number of rotatable bonds is 41. The molecule has 2 aromatic carbocycles. The maximum atomic E-state index is 15.0. The number of aliphatic hydroxyl groups is 4. The quantitative estimate of drug-likeness (QED) is 0.0140. The first-order chi connectivity index (χ1) is 46.2. The normalized spacial score (nSPS) is 19.6. The Morgan fingerprint density at radius 3 is 1.83 bits per heavy atom. The van der Waals surface area contributed by atoms with Gasteiger partial charge in [0.2, 0.25) is 53.2 Å². The number of nitrogens with zero attached hydrogens (tertiary/aromatic N) is 3. The predicted octanol–water partition coefficient (Wildman–Crippen LogP) is -2.64. The lowest BCUT2D eigenvalue weighted by Gasteiger charge is -2.43. The Kier molecular flexibility index (Phi) is 35.1. The molecule has 0 spiro atoms. The van der Waals surface area contributed by atoms with Gasteiger partial charge in [0, 0.05) is 23.3 Å². The van der Waals surface area contributed by atoms with Crippen LogP contribution in [0.2, 0.25) is 0 Å². The standard InChI is InChI=1S/C63H97N15O20/c1-10-32(6)47(73-58(91)46(65)31(4)5)59(92)74-48(34(8)80)60(93)68-33(7)53(86)72-42(27-36-18-12-11-13-19-36)57(90)75-49(35(9)97-63-50(52(85)51(84)43(29-79)98-63)76-54(87)37-20-14-15-21-38(37)77-78-66)61(94)70-39(23-24-45(82)83)55(88)67-28-44(81)69-41(26-30(2)3)56(89)71-40(62(95)96)22-16-17-25-64/h11-15,18-21,30-35,39-43,46-52,63,79-80,84-85H,10,16-17,22-29,64-65H2,1-9H3,(H,67,88)(H,68,93)(H,69,81)(H,70,94)(H,71,89)(H,72,86)(H,73,91)(H,74,92)(H,75,90)(H,76,87)(H,82,83)(H,95,96)/t32-,33-,34+,35+,39-,40-,41-,42-,43+,46-,47-,48-,49-,50+,51+,52+,63+/m0/s1. The summed E-state index contributed by atoms with van der Waals surface area (Å²) in [6.45, 7) is 12.2. The second kappa shape index (κ2) is 41.4. The van der Waals surface area contributed by atoms with Crippen LogP contribution in [0.25, 0.3) is 10.4 Å². The van der Waals surface area contributed by atoms with Crippen molar-refractivity contribution in [2.45, 2.75) is 211 Å². The van der Waals surface area contributed by atoms with E-state index in [9.17, 15) is 84.1 Å². The molecule has 2 aromatic rings. The number of carboxylic acid groups (broad SMARTS) is 2. The van der Waals surface area contributed by atoms with Crippen LogP contribution in [-0.2, 0) is 68.6 Å². The lowest BCUT2D eigenvalue weighted by atomic mass is 9.96. The molecule has 0 aromatic heterocycles. The van der Waals surface area contributed by atoms with Gasteiger partial charge in [-0.25, -0.2) is 4.79 Å². The first-order valence-electron chi connectivity index (χ1n) is 32.2. The SMILES string of the molecule is CC[C@H](C)[C@H](NC(=O)[C@@H](N)C(C)C)C(=O)N[C@H](C(=O)N[C@@H](C)C(=O)N[C@@H](Cc1ccccc1)C(=O)N[C@H](C(=O)N[C@@H](CCC(=O)O)C(=O)NCC(=O)N[C@@H](CC(C)C)C(=O)N[C@@H](CCCCN)C(=O)O)[C@@H](C)O[C@@H]1O[C@H](CO)[C@@H](O)[C@H](O)[C@H]1NC(=O)c1ccccc1N=[N+]=[N-])[C@@H](C)O. The number of carboxylic acids is 2. The minimum absolute atomic E-state index is 0.00519. The number of unbranched alkanes of at least 4 members (excludes halogenated alkanes) is 1. The number of hydrogen-bond donors (Lipinski definition) is 18. The van der Waals surface area contributed by atoms with Crippen LogP contribution in [0.15, 0.2) is 59.7 Å². The molecule has 1 aliphatic heterocycles. The monoisotopic (exact) mass is 1380 g/mol. The van der Waals surface area contributed by atoms with Gasteiger partial charge in [-0.15, -0.1) is 0 Å². The van der Waals surface area contributed by atoms with Crippen LogP contribution in [0, 0.1) is 17.8 Å². The minimum Gasteiger partial charge on any atom is -0.481 e. The summed E-state index contributed by atoms with van der Waals surface area (Å²) < 4.78 is 12.1. The number of hydrogen-bond acceptors (Lipinski definition) is 21. The average molecular weight is 1380 g/mol. The van der Waals surface area contributed by atoms with Crippen molar-refractivity contribution in [3.63, 3.8) is 0 Å². The van der Waals surface area contributed by atoms with Crippen LogP contribution >= 0.6 is 0 Å². The van der Waals surface area contributed by atoms with Crippen molar-refractivity contribution >= 4 is 76.7 Å². The summed E-state index contributed by atoms with van der Waals surface area (Å²) in [6, 6.07) is -2.37. The van der Waals surface area contributed by atoms with Crippen LogP contribution in [-0.4, -0.2) is 219 Å². The zero-order chi connectivity index (χ0) is 73.7. The molecule has 35 nitrogen and oxygen atoms in total. The second-order valence-electron chi connectivity index (χ2n) is 24.7. The highest BCUT2D eigenvalue weighted by atomic mass is 16.7. The van der Waals surface area contributed by atoms with Gasteiger partial charge in [0.15, 0.2) is 6.29 Å². The fourth-order valence-electron chi connectivity index (χ4n) is 10.0. The molecule has 1 heterocycles. The maximum absolute atomic E-state index is 15.0. The Bertz CT molecular complexity index is 3080. The van der Waals surface area contributed by atoms with Gasteiger partial charge >= 0.3 is 11.9 Å². The van der Waals surface area contributed by atoms with Crippen molar-refractivity contribution in [1.82, 2.24) is 53.2 Å². The third-order valence-corrected chi connectivity index (χ3v) is 16.0. The van der Waals surface area contributed by atoms with Crippen molar-refractivity contribution in [2.24, 2.45) is 34.3 Å². The van der Waals surface area contributed by atoms with Crippen molar-refractivity contribution < 1.29 is 97.6 Å². The topological polar surface area (TPSA) is 566 Å². The number of aliphatic hydroxyl groups excluding tert-OH is 4. The molecule has 98 heavy (non-hydrogen) atoms. The Hall–Kier alpha value is -8.93. The summed E-state index contributed by atoms with van der Waals surface area (Å²) in [5.74, 6) is -14.1. The van der Waals surface area contributed by atoms with Gasteiger partial charge in [-0.2, -0.15) is 0 Å². The molecule has 1 aliphatic rings. The highest BCUT2D eigenvalue weighted by Crippen LogP contribution is 2.26. The van der Waals surface area contributed by atoms with Crippen LogP contribution in [0.1, 0.15) is 123 Å². The lowest BCUT2D eigenvalue weighted by molar-refractivity contribution is -0.280. The van der Waals surface area contributed by atoms with E-state index in [4.69, 9.17) is 20.9 Å². The number of amides is 10. The molecule has 10 amide bonds. The molecule has 0 radical (unpaired) electrons. The van der Waals surface area contributed by atoms with E-state index in [1.54, 1.807) is 71.9 Å². The van der Waals surface area contributed by atoms with E-state index in [0.717, 1.165) is 6.92 Å². The Labute approximate surface area is 566 Å². The molecule has 0 bridgehead atoms. The summed E-state index contributed by atoms with van der Waals surface area (Å²) in [5, 5.41) is 91.1. The molecule has 1 fully saturated rings. The smallest absolute Gasteiger partial charge is 0.326 e. The number of nitrogens with one attached hydrogen (secondary N) is 10. The summed E-state index contributed by atoms with van der Waals surface area (Å²) in [4.78, 5) is 167. The summed E-state index contributed by atoms with van der Waals surface area (Å²) in [7, 11) is 0. The van der Waals surface area contributed by atoms with Crippen LogP contribution in [0.5, 0.6) is 0 Å². The van der Waals surface area contributed by atoms with Crippen LogP contribution < -0.4 is 64.6 Å².